The van der Waals surface area contributed by atoms with Crippen LogP contribution in [0.2, 0.25) is 5.02 Å². The molecule has 2 aromatic rings. The van der Waals surface area contributed by atoms with E-state index in [2.05, 4.69) is 14.9 Å². The number of carbonyl (C=O) groups is 2. The van der Waals surface area contributed by atoms with Crippen LogP contribution in [0.3, 0.4) is 0 Å². The van der Waals surface area contributed by atoms with Gasteiger partial charge in [-0.25, -0.2) is 13.1 Å². The maximum Gasteiger partial charge on any atom is 0.244 e. The van der Waals surface area contributed by atoms with E-state index in [0.29, 0.717) is 43.3 Å². The summed E-state index contributed by atoms with van der Waals surface area (Å²) in [6.45, 7) is 4.51. The lowest BCUT2D eigenvalue weighted by molar-refractivity contribution is -0.132. The number of rotatable bonds is 8. The zero-order valence-corrected chi connectivity index (χ0v) is 19.9. The molecule has 0 aliphatic carbocycles. The van der Waals surface area contributed by atoms with Gasteiger partial charge < -0.3 is 15.1 Å². The Morgan fingerprint density at radius 1 is 1.00 bits per heavy atom. The minimum absolute atomic E-state index is 0.0794. The van der Waals surface area contributed by atoms with Crippen LogP contribution in [-0.2, 0) is 19.6 Å². The number of anilines is 1. The first-order valence-electron chi connectivity index (χ1n) is 10.6. The third-order valence-electron chi connectivity index (χ3n) is 5.19. The molecule has 2 amide bonds. The van der Waals surface area contributed by atoms with Crippen LogP contribution in [0, 0.1) is 0 Å². The number of hydrogen-bond acceptors (Lipinski definition) is 5. The second-order valence-electron chi connectivity index (χ2n) is 7.47. The monoisotopic (exact) mass is 490 g/mol. The van der Waals surface area contributed by atoms with Gasteiger partial charge in [0.2, 0.25) is 21.8 Å². The van der Waals surface area contributed by atoms with Gasteiger partial charge in [-0.1, -0.05) is 30.7 Å². The molecule has 0 spiro atoms. The van der Waals surface area contributed by atoms with Crippen LogP contribution in [0.1, 0.15) is 12.5 Å². The van der Waals surface area contributed by atoms with E-state index >= 15 is 0 Å². The van der Waals surface area contributed by atoms with Crippen molar-refractivity contribution in [3.8, 4) is 0 Å². The molecule has 1 saturated heterocycles. The SMILES string of the molecule is CCNS(=O)(=O)c1ccc(/C=C/C(=O)NCC(=O)N2CCN(c3ccc(Cl)cc3)CC2)cc1. The Labute approximate surface area is 199 Å². The largest absolute Gasteiger partial charge is 0.368 e. The molecule has 33 heavy (non-hydrogen) atoms. The fourth-order valence-corrected chi connectivity index (χ4v) is 4.57. The number of benzene rings is 2. The average molecular weight is 491 g/mol. The minimum atomic E-state index is -3.51. The first-order valence-corrected chi connectivity index (χ1v) is 12.5. The number of nitrogens with zero attached hydrogens (tertiary/aromatic N) is 2. The summed E-state index contributed by atoms with van der Waals surface area (Å²) in [5, 5.41) is 3.29. The number of nitrogens with one attached hydrogen (secondary N) is 2. The van der Waals surface area contributed by atoms with E-state index in [0.717, 1.165) is 5.69 Å². The summed E-state index contributed by atoms with van der Waals surface area (Å²) in [5.41, 5.74) is 1.74. The van der Waals surface area contributed by atoms with E-state index < -0.39 is 15.9 Å². The summed E-state index contributed by atoms with van der Waals surface area (Å²) in [6, 6.07) is 13.8. The predicted octanol–water partition coefficient (Wildman–Crippen LogP) is 2.12. The van der Waals surface area contributed by atoms with Crippen molar-refractivity contribution in [1.29, 1.82) is 0 Å². The Kier molecular flexibility index (Phi) is 8.49. The molecule has 0 radical (unpaired) electrons. The first kappa shape index (κ1) is 24.8. The van der Waals surface area contributed by atoms with Crippen molar-refractivity contribution in [1.82, 2.24) is 14.9 Å². The lowest BCUT2D eigenvalue weighted by Gasteiger charge is -2.36. The summed E-state index contributed by atoms with van der Waals surface area (Å²) < 4.78 is 26.3. The van der Waals surface area contributed by atoms with Gasteiger partial charge >= 0.3 is 0 Å². The van der Waals surface area contributed by atoms with Crippen LogP contribution >= 0.6 is 11.6 Å². The molecular formula is C23H27ClN4O4S. The smallest absolute Gasteiger partial charge is 0.244 e. The molecule has 10 heteroatoms. The summed E-state index contributed by atoms with van der Waals surface area (Å²) in [6.07, 6.45) is 2.88. The Morgan fingerprint density at radius 3 is 2.24 bits per heavy atom. The van der Waals surface area contributed by atoms with Crippen molar-refractivity contribution in [2.24, 2.45) is 0 Å². The van der Waals surface area contributed by atoms with Crippen molar-refractivity contribution in [3.63, 3.8) is 0 Å². The maximum absolute atomic E-state index is 12.4. The van der Waals surface area contributed by atoms with Gasteiger partial charge in [0, 0.05) is 49.5 Å². The second kappa shape index (κ2) is 11.3. The zero-order chi connectivity index (χ0) is 23.8. The summed E-state index contributed by atoms with van der Waals surface area (Å²) >= 11 is 5.93. The fraction of sp³-hybridized carbons (Fsp3) is 0.304. The Bertz CT molecular complexity index is 1090. The number of sulfonamides is 1. The Morgan fingerprint density at radius 2 is 1.64 bits per heavy atom. The van der Waals surface area contributed by atoms with E-state index in [-0.39, 0.29) is 17.3 Å². The number of piperazine rings is 1. The number of hydrogen-bond donors (Lipinski definition) is 2. The van der Waals surface area contributed by atoms with Gasteiger partial charge in [0.15, 0.2) is 0 Å². The highest BCUT2D eigenvalue weighted by Crippen LogP contribution is 2.19. The molecule has 0 bridgehead atoms. The lowest BCUT2D eigenvalue weighted by Crippen LogP contribution is -2.51. The van der Waals surface area contributed by atoms with E-state index in [1.807, 2.05) is 24.3 Å². The van der Waals surface area contributed by atoms with Crippen molar-refractivity contribution < 1.29 is 18.0 Å². The van der Waals surface area contributed by atoms with Crippen molar-refractivity contribution in [2.75, 3.05) is 44.2 Å². The summed E-state index contributed by atoms with van der Waals surface area (Å²) in [5.74, 6) is -0.530. The normalized spacial score (nSPS) is 14.5. The van der Waals surface area contributed by atoms with Crippen molar-refractivity contribution in [3.05, 3.63) is 65.2 Å². The van der Waals surface area contributed by atoms with Gasteiger partial charge in [-0.05, 0) is 48.0 Å². The van der Waals surface area contributed by atoms with Gasteiger partial charge in [-0.3, -0.25) is 9.59 Å². The van der Waals surface area contributed by atoms with Gasteiger partial charge in [-0.2, -0.15) is 0 Å². The molecule has 0 aromatic heterocycles. The molecule has 1 aliphatic rings. The highest BCUT2D eigenvalue weighted by Gasteiger charge is 2.21. The number of amides is 2. The van der Waals surface area contributed by atoms with Crippen LogP contribution in [-0.4, -0.2) is 64.4 Å². The highest BCUT2D eigenvalue weighted by molar-refractivity contribution is 7.89. The van der Waals surface area contributed by atoms with Crippen molar-refractivity contribution in [2.45, 2.75) is 11.8 Å². The third-order valence-corrected chi connectivity index (χ3v) is 7.00. The quantitative estimate of drug-likeness (QED) is 0.552. The topological polar surface area (TPSA) is 98.8 Å². The zero-order valence-electron chi connectivity index (χ0n) is 18.3. The van der Waals surface area contributed by atoms with Crippen LogP contribution in [0.4, 0.5) is 5.69 Å². The predicted molar refractivity (Wildman–Crippen MR) is 130 cm³/mol. The van der Waals surface area contributed by atoms with E-state index in [1.165, 1.54) is 18.2 Å². The van der Waals surface area contributed by atoms with E-state index in [1.54, 1.807) is 30.0 Å². The second-order valence-corrected chi connectivity index (χ2v) is 9.67. The van der Waals surface area contributed by atoms with Gasteiger partial charge in [0.05, 0.1) is 11.4 Å². The van der Waals surface area contributed by atoms with Crippen LogP contribution in [0.15, 0.2) is 59.5 Å². The first-order chi connectivity index (χ1) is 15.8. The Balaban J connectivity index is 1.43. The molecule has 3 rings (SSSR count). The molecule has 0 saturated carbocycles. The maximum atomic E-state index is 12.4. The van der Waals surface area contributed by atoms with Gasteiger partial charge in [-0.15, -0.1) is 0 Å². The van der Waals surface area contributed by atoms with E-state index in [4.69, 9.17) is 11.6 Å². The highest BCUT2D eigenvalue weighted by atomic mass is 35.5. The van der Waals surface area contributed by atoms with Crippen LogP contribution in [0.5, 0.6) is 0 Å². The third kappa shape index (κ3) is 7.05. The lowest BCUT2D eigenvalue weighted by atomic mass is 10.2. The minimum Gasteiger partial charge on any atom is -0.368 e. The van der Waals surface area contributed by atoms with Gasteiger partial charge in [0.1, 0.15) is 0 Å². The fourth-order valence-electron chi connectivity index (χ4n) is 3.40. The standard InChI is InChI=1S/C23H27ClN4O4S/c1-2-26-33(31,32)21-10-3-18(4-11-21)5-12-22(29)25-17-23(30)28-15-13-27(14-16-28)20-8-6-19(24)7-9-20/h3-12,26H,2,13-17H2,1H3,(H,25,29)/b12-5+. The number of halogens is 1. The molecule has 176 valence electrons. The Hall–Kier alpha value is -2.88. The molecule has 2 aromatic carbocycles. The van der Waals surface area contributed by atoms with Crippen molar-refractivity contribution >= 4 is 45.2 Å². The molecule has 0 atom stereocenters. The molecule has 1 aliphatic heterocycles. The van der Waals surface area contributed by atoms with E-state index in [9.17, 15) is 18.0 Å². The molecular weight excluding hydrogens is 464 g/mol. The number of carbonyl (C=O) groups excluding carboxylic acids is 2. The van der Waals surface area contributed by atoms with Crippen LogP contribution < -0.4 is 14.9 Å². The van der Waals surface area contributed by atoms with Crippen LogP contribution in [0.25, 0.3) is 6.08 Å². The summed E-state index contributed by atoms with van der Waals surface area (Å²) in [4.78, 5) is 28.6. The summed E-state index contributed by atoms with van der Waals surface area (Å²) in [7, 11) is -3.51. The average Bonchev–Trinajstić information content (AvgIpc) is 2.82. The molecule has 1 heterocycles. The van der Waals surface area contributed by atoms with Gasteiger partial charge in [0.25, 0.3) is 0 Å². The molecule has 1 fully saturated rings. The molecule has 2 N–H and O–H groups in total. The molecule has 0 unspecified atom stereocenters. The molecule has 8 nitrogen and oxygen atoms in total.